The molecule has 2 aromatic heterocycles. The summed E-state index contributed by atoms with van der Waals surface area (Å²) in [5.74, 6) is 2.31. The molecule has 0 fully saturated rings. The van der Waals surface area contributed by atoms with Crippen molar-refractivity contribution in [3.8, 4) is 11.5 Å². The van der Waals surface area contributed by atoms with Crippen molar-refractivity contribution in [1.82, 2.24) is 25.1 Å². The quantitative estimate of drug-likeness (QED) is 0.219. The second-order valence-corrected chi connectivity index (χ2v) is 8.09. The monoisotopic (exact) mass is 474 g/mol. The Morgan fingerprint density at radius 1 is 1.15 bits per heavy atom. The molecule has 0 aliphatic heterocycles. The maximum absolute atomic E-state index is 12.7. The summed E-state index contributed by atoms with van der Waals surface area (Å²) in [4.78, 5) is 22.1. The van der Waals surface area contributed by atoms with Crippen LogP contribution in [0.15, 0.2) is 29.6 Å². The Labute approximate surface area is 197 Å². The van der Waals surface area contributed by atoms with Gasteiger partial charge in [0.2, 0.25) is 0 Å². The zero-order chi connectivity index (χ0) is 23.6. The largest absolute Gasteiger partial charge is 0.493 e. The van der Waals surface area contributed by atoms with E-state index in [1.165, 1.54) is 14.2 Å². The topological polar surface area (TPSA) is 112 Å². The van der Waals surface area contributed by atoms with E-state index < -0.39 is 0 Å². The fourth-order valence-electron chi connectivity index (χ4n) is 3.20. The molecule has 11 heteroatoms. The van der Waals surface area contributed by atoms with E-state index >= 15 is 0 Å². The molecule has 0 saturated carbocycles. The number of hydrogen-bond donors (Lipinski definition) is 2. The number of benzene rings is 1. The third-order valence-electron chi connectivity index (χ3n) is 4.77. The maximum atomic E-state index is 12.7. The number of ether oxygens (including phenoxy) is 3. The predicted octanol–water partition coefficient (Wildman–Crippen LogP) is 2.83. The van der Waals surface area contributed by atoms with E-state index in [1.54, 1.807) is 47.9 Å². The standard InChI is InChI=1S/C22H30N6O4S/c1-5-13-33-22-26-19(23-10-12-30-2)16-14-25-28(20(16)27-22)11-9-24-21(29)15-7-6-8-17(31-3)18(15)32-4/h6-8,14H,5,9-13H2,1-4H3,(H,24,29)(H,23,26,27). The van der Waals surface area contributed by atoms with Crippen LogP contribution in [0, 0.1) is 0 Å². The van der Waals surface area contributed by atoms with Crippen molar-refractivity contribution in [3.63, 3.8) is 0 Å². The summed E-state index contributed by atoms with van der Waals surface area (Å²) in [5.41, 5.74) is 1.13. The number of anilines is 1. The van der Waals surface area contributed by atoms with Crippen LogP contribution in [0.1, 0.15) is 23.7 Å². The van der Waals surface area contributed by atoms with Crippen LogP contribution in [0.2, 0.25) is 0 Å². The number of rotatable bonds is 13. The fourth-order valence-corrected chi connectivity index (χ4v) is 3.89. The molecule has 33 heavy (non-hydrogen) atoms. The molecular formula is C22H30N6O4S. The normalized spacial score (nSPS) is 10.9. The van der Waals surface area contributed by atoms with Crippen molar-refractivity contribution in [2.24, 2.45) is 0 Å². The van der Waals surface area contributed by atoms with Crippen LogP contribution in [-0.4, -0.2) is 72.4 Å². The molecule has 2 heterocycles. The van der Waals surface area contributed by atoms with E-state index in [2.05, 4.69) is 27.6 Å². The van der Waals surface area contributed by atoms with Gasteiger partial charge in [0.25, 0.3) is 5.91 Å². The highest BCUT2D eigenvalue weighted by Crippen LogP contribution is 2.30. The van der Waals surface area contributed by atoms with E-state index in [0.717, 1.165) is 29.0 Å². The number of carbonyl (C=O) groups excluding carboxylic acids is 1. The molecule has 3 rings (SSSR count). The Bertz CT molecular complexity index is 1070. The van der Waals surface area contributed by atoms with Gasteiger partial charge in [-0.1, -0.05) is 24.8 Å². The fraction of sp³-hybridized carbons (Fsp3) is 0.455. The van der Waals surface area contributed by atoms with Gasteiger partial charge in [0.1, 0.15) is 5.82 Å². The Hall–Kier alpha value is -3.05. The lowest BCUT2D eigenvalue weighted by molar-refractivity contribution is 0.0948. The molecule has 178 valence electrons. The van der Waals surface area contributed by atoms with Gasteiger partial charge in [0.15, 0.2) is 22.3 Å². The van der Waals surface area contributed by atoms with Crippen LogP contribution in [0.25, 0.3) is 11.0 Å². The molecular weight excluding hydrogens is 444 g/mol. The van der Waals surface area contributed by atoms with Crippen molar-refractivity contribution >= 4 is 34.5 Å². The summed E-state index contributed by atoms with van der Waals surface area (Å²) < 4.78 is 17.5. The molecule has 10 nitrogen and oxygen atoms in total. The zero-order valence-corrected chi connectivity index (χ0v) is 20.2. The van der Waals surface area contributed by atoms with Gasteiger partial charge in [-0.2, -0.15) is 5.10 Å². The minimum atomic E-state index is -0.252. The van der Waals surface area contributed by atoms with Crippen molar-refractivity contribution in [2.75, 3.05) is 52.1 Å². The highest BCUT2D eigenvalue weighted by molar-refractivity contribution is 7.99. The minimum absolute atomic E-state index is 0.252. The summed E-state index contributed by atoms with van der Waals surface area (Å²) in [7, 11) is 4.71. The first-order valence-corrected chi connectivity index (χ1v) is 11.7. The molecule has 0 radical (unpaired) electrons. The molecule has 1 aromatic carbocycles. The lowest BCUT2D eigenvalue weighted by atomic mass is 10.1. The zero-order valence-electron chi connectivity index (χ0n) is 19.4. The molecule has 0 bridgehead atoms. The van der Waals surface area contributed by atoms with E-state index in [4.69, 9.17) is 19.2 Å². The van der Waals surface area contributed by atoms with E-state index in [9.17, 15) is 4.79 Å². The van der Waals surface area contributed by atoms with Crippen LogP contribution in [0.4, 0.5) is 5.82 Å². The van der Waals surface area contributed by atoms with E-state index in [-0.39, 0.29) is 5.91 Å². The minimum Gasteiger partial charge on any atom is -0.493 e. The highest BCUT2D eigenvalue weighted by atomic mass is 32.2. The number of nitrogens with one attached hydrogen (secondary N) is 2. The lowest BCUT2D eigenvalue weighted by Crippen LogP contribution is -2.28. The number of aromatic nitrogens is 4. The van der Waals surface area contributed by atoms with Gasteiger partial charge in [-0.05, 0) is 18.6 Å². The Balaban J connectivity index is 1.75. The van der Waals surface area contributed by atoms with Crippen LogP contribution >= 0.6 is 11.8 Å². The van der Waals surface area contributed by atoms with Gasteiger partial charge in [-0.3, -0.25) is 4.79 Å². The highest BCUT2D eigenvalue weighted by Gasteiger charge is 2.17. The second kappa shape index (κ2) is 12.3. The van der Waals surface area contributed by atoms with Crippen molar-refractivity contribution in [3.05, 3.63) is 30.0 Å². The molecule has 0 spiro atoms. The summed E-state index contributed by atoms with van der Waals surface area (Å²) in [6.45, 7) is 4.13. The van der Waals surface area contributed by atoms with Crippen molar-refractivity contribution in [2.45, 2.75) is 25.0 Å². The average molecular weight is 475 g/mol. The molecule has 1 amide bonds. The third-order valence-corrected chi connectivity index (χ3v) is 5.82. The summed E-state index contributed by atoms with van der Waals surface area (Å²) in [5, 5.41) is 12.2. The third kappa shape index (κ3) is 6.05. The first-order chi connectivity index (χ1) is 16.1. The molecule has 2 N–H and O–H groups in total. The summed E-state index contributed by atoms with van der Waals surface area (Å²) in [6.07, 6.45) is 2.77. The van der Waals surface area contributed by atoms with Gasteiger partial charge in [0, 0.05) is 26.0 Å². The lowest BCUT2D eigenvalue weighted by Gasteiger charge is -2.13. The molecule has 3 aromatic rings. The summed E-state index contributed by atoms with van der Waals surface area (Å²) in [6, 6.07) is 5.20. The predicted molar refractivity (Wildman–Crippen MR) is 129 cm³/mol. The summed E-state index contributed by atoms with van der Waals surface area (Å²) >= 11 is 1.60. The van der Waals surface area contributed by atoms with Gasteiger partial charge < -0.3 is 24.8 Å². The van der Waals surface area contributed by atoms with Crippen LogP contribution in [-0.2, 0) is 11.3 Å². The van der Waals surface area contributed by atoms with Gasteiger partial charge in [-0.15, -0.1) is 0 Å². The number of nitrogens with zero attached hydrogens (tertiary/aromatic N) is 4. The smallest absolute Gasteiger partial charge is 0.255 e. The molecule has 0 aliphatic carbocycles. The Kier molecular flexibility index (Phi) is 9.14. The second-order valence-electron chi connectivity index (χ2n) is 7.02. The van der Waals surface area contributed by atoms with E-state index in [1.807, 2.05) is 0 Å². The number of para-hydroxylation sites is 1. The number of hydrogen-bond acceptors (Lipinski definition) is 9. The number of thioether (sulfide) groups is 1. The maximum Gasteiger partial charge on any atom is 0.255 e. The molecule has 0 saturated heterocycles. The SMILES string of the molecule is CCCSc1nc(NCCOC)c2cnn(CCNC(=O)c3cccc(OC)c3OC)c2n1. The van der Waals surface area contributed by atoms with Crippen molar-refractivity contribution in [1.29, 1.82) is 0 Å². The Morgan fingerprint density at radius 2 is 2.00 bits per heavy atom. The van der Waals surface area contributed by atoms with Crippen LogP contribution < -0.4 is 20.1 Å². The number of carbonyl (C=O) groups is 1. The number of amides is 1. The van der Waals surface area contributed by atoms with Gasteiger partial charge in [0.05, 0.1) is 44.5 Å². The van der Waals surface area contributed by atoms with Crippen molar-refractivity contribution < 1.29 is 19.0 Å². The van der Waals surface area contributed by atoms with Crippen LogP contribution in [0.5, 0.6) is 11.5 Å². The molecule has 0 unspecified atom stereocenters. The average Bonchev–Trinajstić information content (AvgIpc) is 3.25. The molecule has 0 aliphatic rings. The first kappa shape index (κ1) is 24.6. The van der Waals surface area contributed by atoms with Gasteiger partial charge >= 0.3 is 0 Å². The Morgan fingerprint density at radius 3 is 2.73 bits per heavy atom. The van der Waals surface area contributed by atoms with Gasteiger partial charge in [-0.25, -0.2) is 14.6 Å². The number of methoxy groups -OCH3 is 3. The first-order valence-electron chi connectivity index (χ1n) is 10.7. The number of fused-ring (bicyclic) bond motifs is 1. The molecule has 0 atom stereocenters. The van der Waals surface area contributed by atoms with Crippen LogP contribution in [0.3, 0.4) is 0 Å². The van der Waals surface area contributed by atoms with E-state index in [0.29, 0.717) is 48.5 Å².